The average molecular weight is 352 g/mol. The zero-order chi connectivity index (χ0) is 18.4. The fraction of sp³-hybridized carbons (Fsp3) is 0.211. The number of aliphatic imine (C=N–C) groups is 1. The van der Waals surface area contributed by atoms with Gasteiger partial charge in [0.1, 0.15) is 5.82 Å². The minimum absolute atomic E-state index is 0.199. The first-order valence-corrected chi connectivity index (χ1v) is 8.30. The Morgan fingerprint density at radius 1 is 1.12 bits per heavy atom. The molecule has 1 aromatic carbocycles. The number of halogens is 1. The van der Waals surface area contributed by atoms with Gasteiger partial charge in [0.2, 0.25) is 0 Å². The summed E-state index contributed by atoms with van der Waals surface area (Å²) in [4.78, 5) is 8.51. The summed E-state index contributed by atoms with van der Waals surface area (Å²) in [6, 6.07) is 11.0. The van der Waals surface area contributed by atoms with E-state index in [4.69, 9.17) is 0 Å². The van der Waals surface area contributed by atoms with Crippen LogP contribution in [0.5, 0.6) is 0 Å². The molecule has 0 unspecified atom stereocenters. The largest absolute Gasteiger partial charge is 0.352 e. The van der Waals surface area contributed by atoms with Crippen LogP contribution < -0.4 is 10.6 Å². The summed E-state index contributed by atoms with van der Waals surface area (Å²) in [5, 5.41) is 10.6. The number of nitrogens with one attached hydrogen (secondary N) is 2. The molecular formula is C19H21FN6. The van der Waals surface area contributed by atoms with Gasteiger partial charge in [-0.05, 0) is 47.9 Å². The quantitative estimate of drug-likeness (QED) is 0.547. The number of aryl methyl sites for hydroxylation is 1. The molecule has 0 radical (unpaired) electrons. The van der Waals surface area contributed by atoms with Gasteiger partial charge >= 0.3 is 0 Å². The Balaban J connectivity index is 1.57. The Kier molecular flexibility index (Phi) is 5.58. The average Bonchev–Trinajstić information content (AvgIpc) is 3.20. The van der Waals surface area contributed by atoms with Crippen molar-refractivity contribution in [3.05, 3.63) is 77.5 Å². The Hall–Kier alpha value is -3.22. The van der Waals surface area contributed by atoms with Crippen LogP contribution >= 0.6 is 0 Å². The van der Waals surface area contributed by atoms with Crippen LogP contribution in [0.4, 0.5) is 4.39 Å². The number of aromatic nitrogens is 3. The molecule has 3 aromatic rings. The molecule has 6 nitrogen and oxygen atoms in total. The third kappa shape index (κ3) is 4.44. The van der Waals surface area contributed by atoms with Crippen molar-refractivity contribution in [2.45, 2.75) is 20.0 Å². The first-order chi connectivity index (χ1) is 12.7. The third-order valence-corrected chi connectivity index (χ3v) is 3.93. The molecule has 2 aromatic heterocycles. The Bertz CT molecular complexity index is 889. The molecule has 0 atom stereocenters. The topological polar surface area (TPSA) is 67.1 Å². The van der Waals surface area contributed by atoms with E-state index in [1.54, 1.807) is 37.1 Å². The third-order valence-electron chi connectivity index (χ3n) is 3.93. The van der Waals surface area contributed by atoms with Gasteiger partial charge in [0.25, 0.3) is 0 Å². The first kappa shape index (κ1) is 17.6. The highest BCUT2D eigenvalue weighted by atomic mass is 19.1. The van der Waals surface area contributed by atoms with Gasteiger partial charge < -0.3 is 10.6 Å². The smallest absolute Gasteiger partial charge is 0.191 e. The summed E-state index contributed by atoms with van der Waals surface area (Å²) in [5.74, 6) is 1.20. The molecule has 7 heteroatoms. The number of hydrogen-bond acceptors (Lipinski definition) is 3. The van der Waals surface area contributed by atoms with Crippen molar-refractivity contribution in [3.8, 4) is 5.82 Å². The van der Waals surface area contributed by atoms with Gasteiger partial charge in [-0.25, -0.2) is 14.1 Å². The predicted molar refractivity (Wildman–Crippen MR) is 99.5 cm³/mol. The van der Waals surface area contributed by atoms with E-state index in [1.165, 1.54) is 6.07 Å². The van der Waals surface area contributed by atoms with E-state index in [9.17, 15) is 4.39 Å². The van der Waals surface area contributed by atoms with Crippen LogP contribution in [0.25, 0.3) is 5.82 Å². The second-order valence-electron chi connectivity index (χ2n) is 5.84. The Morgan fingerprint density at radius 2 is 1.88 bits per heavy atom. The minimum atomic E-state index is -0.199. The summed E-state index contributed by atoms with van der Waals surface area (Å²) in [7, 11) is 1.70. The van der Waals surface area contributed by atoms with E-state index in [-0.39, 0.29) is 5.82 Å². The van der Waals surface area contributed by atoms with Crippen molar-refractivity contribution >= 4 is 5.96 Å². The highest BCUT2D eigenvalue weighted by Crippen LogP contribution is 2.09. The standard InChI is InChI=1S/C19H21FN6/c1-14-4-5-15(10-17(14)20)12-23-19(21-2)24-13-16-6-8-22-18(11-16)26-9-3-7-25-26/h3-11H,12-13H2,1-2H3,(H2,21,23,24). The van der Waals surface area contributed by atoms with E-state index in [0.717, 1.165) is 16.9 Å². The number of guanidine groups is 1. The van der Waals surface area contributed by atoms with Crippen molar-refractivity contribution in [3.63, 3.8) is 0 Å². The van der Waals surface area contributed by atoms with Gasteiger partial charge in [0, 0.05) is 38.7 Å². The van der Waals surface area contributed by atoms with Crippen molar-refractivity contribution < 1.29 is 4.39 Å². The van der Waals surface area contributed by atoms with Crippen LogP contribution in [0.3, 0.4) is 0 Å². The lowest BCUT2D eigenvalue weighted by Crippen LogP contribution is -2.36. The number of pyridine rings is 1. The SMILES string of the molecule is CN=C(NCc1ccnc(-n2cccn2)c1)NCc1ccc(C)c(F)c1. The van der Waals surface area contributed by atoms with Crippen LogP contribution in [0.15, 0.2) is 60.0 Å². The second kappa shape index (κ2) is 8.24. The number of rotatable bonds is 5. The molecule has 0 aliphatic heterocycles. The highest BCUT2D eigenvalue weighted by molar-refractivity contribution is 5.79. The van der Waals surface area contributed by atoms with Crippen molar-refractivity contribution in [2.75, 3.05) is 7.05 Å². The zero-order valence-corrected chi connectivity index (χ0v) is 14.8. The first-order valence-electron chi connectivity index (χ1n) is 8.30. The monoisotopic (exact) mass is 352 g/mol. The lowest BCUT2D eigenvalue weighted by atomic mass is 10.1. The van der Waals surface area contributed by atoms with Crippen molar-refractivity contribution in [1.29, 1.82) is 0 Å². The molecule has 0 aliphatic rings. The fourth-order valence-corrected chi connectivity index (χ4v) is 2.44. The Labute approximate surface area is 151 Å². The maximum Gasteiger partial charge on any atom is 0.191 e. The maximum absolute atomic E-state index is 13.6. The molecule has 2 N–H and O–H groups in total. The van der Waals surface area contributed by atoms with Gasteiger partial charge in [0.15, 0.2) is 11.8 Å². The molecule has 0 saturated heterocycles. The maximum atomic E-state index is 13.6. The molecule has 0 fully saturated rings. The van der Waals surface area contributed by atoms with E-state index in [0.29, 0.717) is 24.6 Å². The zero-order valence-electron chi connectivity index (χ0n) is 14.8. The van der Waals surface area contributed by atoms with E-state index >= 15 is 0 Å². The predicted octanol–water partition coefficient (Wildman–Crippen LogP) is 2.58. The second-order valence-corrected chi connectivity index (χ2v) is 5.84. The summed E-state index contributed by atoms with van der Waals surface area (Å²) in [6.45, 7) is 2.82. The van der Waals surface area contributed by atoms with Gasteiger partial charge in [-0.3, -0.25) is 4.99 Å². The van der Waals surface area contributed by atoms with Crippen LogP contribution in [0.1, 0.15) is 16.7 Å². The lowest BCUT2D eigenvalue weighted by Gasteiger charge is -2.13. The van der Waals surface area contributed by atoms with Crippen LogP contribution in [0.2, 0.25) is 0 Å². The van der Waals surface area contributed by atoms with E-state index in [1.807, 2.05) is 30.5 Å². The number of hydrogen-bond donors (Lipinski definition) is 2. The van der Waals surface area contributed by atoms with Crippen LogP contribution in [-0.4, -0.2) is 27.8 Å². The van der Waals surface area contributed by atoms with Crippen molar-refractivity contribution in [1.82, 2.24) is 25.4 Å². The van der Waals surface area contributed by atoms with Crippen LogP contribution in [-0.2, 0) is 13.1 Å². The molecule has 0 saturated carbocycles. The van der Waals surface area contributed by atoms with Crippen molar-refractivity contribution in [2.24, 2.45) is 4.99 Å². The minimum Gasteiger partial charge on any atom is -0.352 e. The van der Waals surface area contributed by atoms with Crippen LogP contribution in [0, 0.1) is 12.7 Å². The normalized spacial score (nSPS) is 11.4. The number of benzene rings is 1. The van der Waals surface area contributed by atoms with E-state index in [2.05, 4.69) is 25.7 Å². The van der Waals surface area contributed by atoms with Gasteiger partial charge in [0.05, 0.1) is 0 Å². The van der Waals surface area contributed by atoms with Gasteiger partial charge in [-0.2, -0.15) is 5.10 Å². The molecule has 134 valence electrons. The van der Waals surface area contributed by atoms with Gasteiger partial charge in [-0.1, -0.05) is 12.1 Å². The fourth-order valence-electron chi connectivity index (χ4n) is 2.44. The molecule has 0 bridgehead atoms. The molecular weight excluding hydrogens is 331 g/mol. The Morgan fingerprint density at radius 3 is 2.54 bits per heavy atom. The lowest BCUT2D eigenvalue weighted by molar-refractivity contribution is 0.615. The van der Waals surface area contributed by atoms with E-state index < -0.39 is 0 Å². The molecule has 0 amide bonds. The summed E-state index contributed by atoms with van der Waals surface area (Å²) >= 11 is 0. The molecule has 26 heavy (non-hydrogen) atoms. The summed E-state index contributed by atoms with van der Waals surface area (Å²) in [6.07, 6.45) is 5.31. The van der Waals surface area contributed by atoms with Gasteiger partial charge in [-0.15, -0.1) is 0 Å². The molecule has 0 spiro atoms. The molecule has 0 aliphatic carbocycles. The molecule has 2 heterocycles. The molecule has 3 rings (SSSR count). The summed E-state index contributed by atoms with van der Waals surface area (Å²) < 4.78 is 15.3. The number of nitrogens with zero attached hydrogens (tertiary/aromatic N) is 4. The highest BCUT2D eigenvalue weighted by Gasteiger charge is 2.04. The summed E-state index contributed by atoms with van der Waals surface area (Å²) in [5.41, 5.74) is 2.55.